The second kappa shape index (κ2) is 8.07. The summed E-state index contributed by atoms with van der Waals surface area (Å²) in [5.74, 6) is 0.0781. The normalized spacial score (nSPS) is 10.6. The average molecular weight is 348 g/mol. The summed E-state index contributed by atoms with van der Waals surface area (Å²) in [6, 6.07) is 11.1. The molecule has 0 saturated carbocycles. The summed E-state index contributed by atoms with van der Waals surface area (Å²) in [6.07, 6.45) is 1.28. The van der Waals surface area contributed by atoms with E-state index in [4.69, 9.17) is 16.3 Å². The number of benzene rings is 2. The molecule has 0 aliphatic heterocycles. The van der Waals surface area contributed by atoms with Crippen LogP contribution < -0.4 is 10.2 Å². The first-order valence-corrected chi connectivity index (χ1v) is 7.27. The number of nitro benzene ring substituents is 1. The molecule has 0 radical (unpaired) electrons. The molecule has 0 bridgehead atoms. The topological polar surface area (TPSA) is 93.8 Å². The van der Waals surface area contributed by atoms with Crippen molar-refractivity contribution in [3.63, 3.8) is 0 Å². The number of rotatable bonds is 6. The number of halogens is 1. The Balaban J connectivity index is 1.98. The van der Waals surface area contributed by atoms with E-state index in [0.717, 1.165) is 0 Å². The quantitative estimate of drug-likeness (QED) is 0.494. The Morgan fingerprint density at radius 2 is 2.12 bits per heavy atom. The van der Waals surface area contributed by atoms with Gasteiger partial charge in [0.25, 0.3) is 5.69 Å². The molecule has 0 spiro atoms. The number of amides is 1. The van der Waals surface area contributed by atoms with E-state index in [1.807, 2.05) is 0 Å². The summed E-state index contributed by atoms with van der Waals surface area (Å²) < 4.78 is 5.04. The van der Waals surface area contributed by atoms with Gasteiger partial charge in [-0.2, -0.15) is 5.10 Å². The zero-order valence-electron chi connectivity index (χ0n) is 12.7. The van der Waals surface area contributed by atoms with Gasteiger partial charge in [0.05, 0.1) is 29.7 Å². The van der Waals surface area contributed by atoms with Gasteiger partial charge in [-0.05, 0) is 23.8 Å². The minimum absolute atomic E-state index is 0.0986. The van der Waals surface area contributed by atoms with Crippen molar-refractivity contribution >= 4 is 29.4 Å². The van der Waals surface area contributed by atoms with E-state index in [1.54, 1.807) is 30.3 Å². The van der Waals surface area contributed by atoms with Gasteiger partial charge in [-0.15, -0.1) is 0 Å². The minimum atomic E-state index is -0.523. The maximum Gasteiger partial charge on any atom is 0.273 e. The van der Waals surface area contributed by atoms with Crippen molar-refractivity contribution in [2.45, 2.75) is 6.42 Å². The van der Waals surface area contributed by atoms with Gasteiger partial charge in [0.15, 0.2) is 0 Å². The molecular formula is C16H14ClN3O4. The van der Waals surface area contributed by atoms with Gasteiger partial charge < -0.3 is 4.74 Å². The third kappa shape index (κ3) is 4.53. The minimum Gasteiger partial charge on any atom is -0.495 e. The van der Waals surface area contributed by atoms with E-state index >= 15 is 0 Å². The van der Waals surface area contributed by atoms with Gasteiger partial charge in [-0.25, -0.2) is 5.43 Å². The molecule has 0 aliphatic carbocycles. The van der Waals surface area contributed by atoms with Crippen molar-refractivity contribution < 1.29 is 14.5 Å². The molecule has 0 heterocycles. The largest absolute Gasteiger partial charge is 0.495 e. The van der Waals surface area contributed by atoms with Crippen LogP contribution in [0.1, 0.15) is 11.1 Å². The molecule has 0 fully saturated rings. The SMILES string of the molecule is COc1ccc(C=NNC(=O)Cc2ccccc2[N+](=O)[O-])cc1Cl. The summed E-state index contributed by atoms with van der Waals surface area (Å²) >= 11 is 5.99. The molecule has 7 nitrogen and oxygen atoms in total. The van der Waals surface area contributed by atoms with Crippen LogP contribution in [0.5, 0.6) is 5.75 Å². The Kier molecular flexibility index (Phi) is 5.86. The fraction of sp³-hybridized carbons (Fsp3) is 0.125. The molecule has 124 valence electrons. The molecule has 2 aromatic rings. The third-order valence-corrected chi connectivity index (χ3v) is 3.41. The zero-order chi connectivity index (χ0) is 17.5. The molecule has 0 atom stereocenters. The number of hydrogen-bond acceptors (Lipinski definition) is 5. The van der Waals surface area contributed by atoms with Crippen LogP contribution in [0.4, 0.5) is 5.69 Å². The number of nitrogens with zero attached hydrogens (tertiary/aromatic N) is 2. The predicted octanol–water partition coefficient (Wildman–Crippen LogP) is 2.95. The second-order valence-electron chi connectivity index (χ2n) is 4.75. The van der Waals surface area contributed by atoms with Gasteiger partial charge >= 0.3 is 0 Å². The highest BCUT2D eigenvalue weighted by atomic mass is 35.5. The highest BCUT2D eigenvalue weighted by molar-refractivity contribution is 6.32. The van der Waals surface area contributed by atoms with Gasteiger partial charge in [0.2, 0.25) is 5.91 Å². The number of ether oxygens (including phenoxy) is 1. The van der Waals surface area contributed by atoms with Crippen LogP contribution in [0.25, 0.3) is 0 Å². The van der Waals surface area contributed by atoms with Crippen LogP contribution in [0, 0.1) is 10.1 Å². The highest BCUT2D eigenvalue weighted by Gasteiger charge is 2.14. The summed E-state index contributed by atoms with van der Waals surface area (Å²) in [5.41, 5.74) is 3.22. The number of hydrazone groups is 1. The fourth-order valence-corrected chi connectivity index (χ4v) is 2.26. The van der Waals surface area contributed by atoms with E-state index in [-0.39, 0.29) is 12.1 Å². The van der Waals surface area contributed by atoms with E-state index in [2.05, 4.69) is 10.5 Å². The van der Waals surface area contributed by atoms with Gasteiger partial charge in [0, 0.05) is 11.6 Å². The number of nitrogens with one attached hydrogen (secondary N) is 1. The Morgan fingerprint density at radius 3 is 2.79 bits per heavy atom. The number of methoxy groups -OCH3 is 1. The second-order valence-corrected chi connectivity index (χ2v) is 5.16. The Morgan fingerprint density at radius 1 is 1.38 bits per heavy atom. The van der Waals surface area contributed by atoms with Crippen LogP contribution in [0.2, 0.25) is 5.02 Å². The number of hydrogen-bond donors (Lipinski definition) is 1. The lowest BCUT2D eigenvalue weighted by Crippen LogP contribution is -2.20. The van der Waals surface area contributed by atoms with Crippen LogP contribution >= 0.6 is 11.6 Å². The number of nitro groups is 1. The lowest BCUT2D eigenvalue weighted by molar-refractivity contribution is -0.385. The lowest BCUT2D eigenvalue weighted by Gasteiger charge is -2.03. The average Bonchev–Trinajstić information content (AvgIpc) is 2.55. The first-order valence-electron chi connectivity index (χ1n) is 6.89. The monoisotopic (exact) mass is 347 g/mol. The van der Waals surface area contributed by atoms with Crippen LogP contribution in [-0.2, 0) is 11.2 Å². The first kappa shape index (κ1) is 17.4. The van der Waals surface area contributed by atoms with Gasteiger partial charge in [0.1, 0.15) is 5.75 Å². The fourth-order valence-electron chi connectivity index (χ4n) is 1.99. The number of carbonyl (C=O) groups is 1. The number of para-hydroxylation sites is 1. The predicted molar refractivity (Wildman–Crippen MR) is 90.5 cm³/mol. The summed E-state index contributed by atoms with van der Waals surface area (Å²) in [4.78, 5) is 22.2. The molecule has 0 aromatic heterocycles. The maximum absolute atomic E-state index is 11.9. The van der Waals surface area contributed by atoms with Crippen molar-refractivity contribution in [2.75, 3.05) is 7.11 Å². The number of carbonyl (C=O) groups excluding carboxylic acids is 1. The molecule has 8 heteroatoms. The zero-order valence-corrected chi connectivity index (χ0v) is 13.5. The molecule has 2 rings (SSSR count). The lowest BCUT2D eigenvalue weighted by atomic mass is 10.1. The van der Waals surface area contributed by atoms with E-state index in [0.29, 0.717) is 21.9 Å². The summed E-state index contributed by atoms with van der Waals surface area (Å²) in [7, 11) is 1.51. The van der Waals surface area contributed by atoms with Gasteiger partial charge in [-0.1, -0.05) is 29.8 Å². The molecule has 2 aromatic carbocycles. The van der Waals surface area contributed by atoms with Crippen LogP contribution in [-0.4, -0.2) is 24.2 Å². The Bertz CT molecular complexity index is 793. The standard InChI is InChI=1S/C16H14ClN3O4/c1-24-15-7-6-11(8-13(15)17)10-18-19-16(21)9-12-4-2-3-5-14(12)20(22)23/h2-8,10H,9H2,1H3,(H,19,21). The van der Waals surface area contributed by atoms with E-state index < -0.39 is 10.8 Å². The smallest absolute Gasteiger partial charge is 0.273 e. The van der Waals surface area contributed by atoms with Crippen molar-refractivity contribution in [1.82, 2.24) is 5.43 Å². The first-order chi connectivity index (χ1) is 11.5. The molecule has 0 unspecified atom stereocenters. The summed E-state index contributed by atoms with van der Waals surface area (Å²) in [6.45, 7) is 0. The molecule has 24 heavy (non-hydrogen) atoms. The maximum atomic E-state index is 11.9. The Labute approximate surface area is 143 Å². The van der Waals surface area contributed by atoms with Crippen molar-refractivity contribution in [3.05, 3.63) is 68.7 Å². The van der Waals surface area contributed by atoms with E-state index in [1.165, 1.54) is 25.5 Å². The highest BCUT2D eigenvalue weighted by Crippen LogP contribution is 2.24. The Hall–Kier alpha value is -2.93. The molecular weight excluding hydrogens is 334 g/mol. The van der Waals surface area contributed by atoms with Gasteiger partial charge in [-0.3, -0.25) is 14.9 Å². The third-order valence-electron chi connectivity index (χ3n) is 3.12. The van der Waals surface area contributed by atoms with E-state index in [9.17, 15) is 14.9 Å². The van der Waals surface area contributed by atoms with Crippen LogP contribution in [0.3, 0.4) is 0 Å². The van der Waals surface area contributed by atoms with Crippen molar-refractivity contribution in [1.29, 1.82) is 0 Å². The van der Waals surface area contributed by atoms with Crippen molar-refractivity contribution in [2.24, 2.45) is 5.10 Å². The molecule has 1 amide bonds. The summed E-state index contributed by atoms with van der Waals surface area (Å²) in [5, 5.41) is 15.1. The molecule has 1 N–H and O–H groups in total. The molecule has 0 saturated heterocycles. The molecule has 0 aliphatic rings. The van der Waals surface area contributed by atoms with Crippen LogP contribution in [0.15, 0.2) is 47.6 Å². The van der Waals surface area contributed by atoms with Crippen molar-refractivity contribution in [3.8, 4) is 5.75 Å².